The molecule has 8 nitrogen and oxygen atoms in total. The number of piperazine rings is 1. The molecule has 1 aromatic rings. The highest BCUT2D eigenvalue weighted by Crippen LogP contribution is 2.19. The highest BCUT2D eigenvalue weighted by atomic mass is 16.1. The molecular formula is C18H24N7O+. The Morgan fingerprint density at radius 3 is 2.46 bits per heavy atom. The molecule has 1 atom stereocenters. The van der Waals surface area contributed by atoms with E-state index >= 15 is 0 Å². The molecule has 2 heterocycles. The van der Waals surface area contributed by atoms with Gasteiger partial charge in [-0.05, 0) is 18.6 Å². The summed E-state index contributed by atoms with van der Waals surface area (Å²) in [5.74, 6) is 0.539. The van der Waals surface area contributed by atoms with Crippen LogP contribution in [0.1, 0.15) is 13.8 Å². The number of hydrogen-bond donors (Lipinski definition) is 3. The molecule has 0 aromatic carbocycles. The Hall–Kier alpha value is -2.87. The monoisotopic (exact) mass is 354 g/mol. The Morgan fingerprint density at radius 2 is 1.88 bits per heavy atom. The quantitative estimate of drug-likeness (QED) is 0.641. The van der Waals surface area contributed by atoms with Crippen LogP contribution in [0.3, 0.4) is 0 Å². The van der Waals surface area contributed by atoms with Gasteiger partial charge in [-0.15, -0.1) is 0 Å². The summed E-state index contributed by atoms with van der Waals surface area (Å²) in [5.41, 5.74) is 2.61. The predicted molar refractivity (Wildman–Crippen MR) is 101 cm³/mol. The minimum Gasteiger partial charge on any atom is -0.338 e. The van der Waals surface area contributed by atoms with E-state index in [9.17, 15) is 4.79 Å². The standard InChI is InChI=1S/C18H23N7O/c1-12(14-3-4-16(19)17(20)9-14)24-5-7-25(8-6-24)18-21-10-15(11-22-18)23-13(2)26/h3-4,9-12,19-20H,5-8H2,1-2H3,(H,23,26)/p+1. The van der Waals surface area contributed by atoms with Crippen molar-refractivity contribution in [2.45, 2.75) is 19.9 Å². The predicted octanol–water partition coefficient (Wildman–Crippen LogP) is -0.338. The van der Waals surface area contributed by atoms with Crippen LogP contribution in [-0.4, -0.2) is 64.4 Å². The molecule has 1 unspecified atom stereocenters. The van der Waals surface area contributed by atoms with Crippen LogP contribution in [0.5, 0.6) is 0 Å². The van der Waals surface area contributed by atoms with Crippen LogP contribution in [0.4, 0.5) is 11.6 Å². The van der Waals surface area contributed by atoms with E-state index in [1.54, 1.807) is 18.5 Å². The smallest absolute Gasteiger partial charge is 0.225 e. The number of nitrogens with one attached hydrogen (secondary N) is 2. The fourth-order valence-electron chi connectivity index (χ4n) is 3.11. The number of nitrogens with zero attached hydrogens (tertiary/aromatic N) is 4. The molecule has 4 N–H and O–H groups in total. The number of anilines is 2. The van der Waals surface area contributed by atoms with E-state index in [-0.39, 0.29) is 11.9 Å². The van der Waals surface area contributed by atoms with Gasteiger partial charge in [0.25, 0.3) is 0 Å². The minimum absolute atomic E-state index is 0.136. The summed E-state index contributed by atoms with van der Waals surface area (Å²) in [4.78, 5) is 24.3. The molecule has 1 fully saturated rings. The van der Waals surface area contributed by atoms with Gasteiger partial charge in [-0.3, -0.25) is 20.5 Å². The van der Waals surface area contributed by atoms with Crippen molar-refractivity contribution in [2.75, 3.05) is 36.4 Å². The van der Waals surface area contributed by atoms with Gasteiger partial charge in [0.2, 0.25) is 17.6 Å². The summed E-state index contributed by atoms with van der Waals surface area (Å²) >= 11 is 0. The Labute approximate surface area is 152 Å². The zero-order valence-corrected chi connectivity index (χ0v) is 15.1. The van der Waals surface area contributed by atoms with E-state index in [1.165, 1.54) is 6.92 Å². The molecule has 1 amide bonds. The van der Waals surface area contributed by atoms with Crippen LogP contribution in [-0.2, 0) is 4.79 Å². The van der Waals surface area contributed by atoms with Crippen molar-refractivity contribution in [1.29, 1.82) is 5.41 Å². The van der Waals surface area contributed by atoms with Crippen LogP contribution in [0, 0.1) is 5.41 Å². The molecule has 1 aliphatic carbocycles. The van der Waals surface area contributed by atoms with Crippen LogP contribution >= 0.6 is 0 Å². The largest absolute Gasteiger partial charge is 0.338 e. The van der Waals surface area contributed by atoms with Crippen LogP contribution < -0.4 is 15.6 Å². The lowest BCUT2D eigenvalue weighted by atomic mass is 9.97. The van der Waals surface area contributed by atoms with Crippen LogP contribution in [0.2, 0.25) is 0 Å². The average Bonchev–Trinajstić information content (AvgIpc) is 2.64. The zero-order valence-electron chi connectivity index (χ0n) is 15.1. The van der Waals surface area contributed by atoms with Gasteiger partial charge in [-0.2, -0.15) is 0 Å². The molecule has 1 aromatic heterocycles. The molecule has 1 aliphatic heterocycles. The van der Waals surface area contributed by atoms with E-state index in [0.29, 0.717) is 23.1 Å². The molecule has 26 heavy (non-hydrogen) atoms. The van der Waals surface area contributed by atoms with Gasteiger partial charge in [0.05, 0.1) is 18.1 Å². The van der Waals surface area contributed by atoms with Gasteiger partial charge in [0.15, 0.2) is 0 Å². The number of aromatic nitrogens is 2. The summed E-state index contributed by atoms with van der Waals surface area (Å²) in [6.07, 6.45) is 8.87. The van der Waals surface area contributed by atoms with Crippen molar-refractivity contribution in [3.8, 4) is 0 Å². The molecule has 8 heteroatoms. The molecular weight excluding hydrogens is 330 g/mol. The molecule has 136 valence electrons. The first-order valence-corrected chi connectivity index (χ1v) is 8.63. The average molecular weight is 354 g/mol. The van der Waals surface area contributed by atoms with Crippen molar-refractivity contribution < 1.29 is 10.2 Å². The van der Waals surface area contributed by atoms with Gasteiger partial charge in [0, 0.05) is 45.2 Å². The van der Waals surface area contributed by atoms with Gasteiger partial charge >= 0.3 is 0 Å². The van der Waals surface area contributed by atoms with Gasteiger partial charge in [-0.25, -0.2) is 9.97 Å². The fraction of sp³-hybridized carbons (Fsp3) is 0.389. The van der Waals surface area contributed by atoms with Crippen LogP contribution in [0.15, 0.2) is 36.2 Å². The Kier molecular flexibility index (Phi) is 5.22. The lowest BCUT2D eigenvalue weighted by Gasteiger charge is -2.38. The third-order valence-corrected chi connectivity index (χ3v) is 4.66. The normalized spacial score (nSPS) is 19.3. The number of nitrogens with two attached hydrogens (primary N) is 1. The second-order valence-corrected chi connectivity index (χ2v) is 6.50. The van der Waals surface area contributed by atoms with E-state index in [4.69, 9.17) is 10.8 Å². The molecule has 2 aliphatic rings. The maximum atomic E-state index is 11.1. The van der Waals surface area contributed by atoms with E-state index in [1.807, 2.05) is 12.2 Å². The fourth-order valence-corrected chi connectivity index (χ4v) is 3.11. The highest BCUT2D eigenvalue weighted by Gasteiger charge is 2.25. The summed E-state index contributed by atoms with van der Waals surface area (Å²) in [6.45, 7) is 7.05. The Morgan fingerprint density at radius 1 is 1.23 bits per heavy atom. The highest BCUT2D eigenvalue weighted by molar-refractivity contribution is 6.47. The number of hydrogen-bond acceptors (Lipinski definition) is 6. The van der Waals surface area contributed by atoms with Crippen molar-refractivity contribution in [1.82, 2.24) is 14.9 Å². The second-order valence-electron chi connectivity index (χ2n) is 6.50. The van der Waals surface area contributed by atoms with Gasteiger partial charge in [-0.1, -0.05) is 6.08 Å². The Bertz CT molecular complexity index is 773. The lowest BCUT2D eigenvalue weighted by Crippen LogP contribution is -2.51. The van der Waals surface area contributed by atoms with Crippen molar-refractivity contribution in [2.24, 2.45) is 0 Å². The first-order chi connectivity index (χ1) is 12.4. The number of rotatable bonds is 4. The number of carbonyl (C=O) groups excluding carboxylic acids is 1. The SMILES string of the molecule is CC(=O)Nc1cnc(N2CCN(C(C)C3=CC(=[NH2+])C(=N)C=C3)CC2)nc1. The van der Waals surface area contributed by atoms with Crippen molar-refractivity contribution in [3.05, 3.63) is 36.2 Å². The molecule has 0 saturated carbocycles. The van der Waals surface area contributed by atoms with Gasteiger partial charge < -0.3 is 10.2 Å². The lowest BCUT2D eigenvalue weighted by molar-refractivity contribution is -0.114. The molecule has 0 radical (unpaired) electrons. The maximum Gasteiger partial charge on any atom is 0.225 e. The summed E-state index contributed by atoms with van der Waals surface area (Å²) < 4.78 is 0. The third kappa shape index (κ3) is 4.02. The molecule has 0 spiro atoms. The van der Waals surface area contributed by atoms with E-state index in [2.05, 4.69) is 32.0 Å². The Balaban J connectivity index is 1.58. The number of carbonyl (C=O) groups is 1. The summed E-state index contributed by atoms with van der Waals surface area (Å²) in [6, 6.07) is 0.239. The zero-order chi connectivity index (χ0) is 18.7. The number of allylic oxidation sites excluding steroid dienone is 2. The third-order valence-electron chi connectivity index (χ3n) is 4.66. The molecule has 0 bridgehead atoms. The summed E-state index contributed by atoms with van der Waals surface area (Å²) in [5, 5.41) is 16.2. The molecule has 3 rings (SSSR count). The summed E-state index contributed by atoms with van der Waals surface area (Å²) in [7, 11) is 0. The van der Waals surface area contributed by atoms with Gasteiger partial charge in [0.1, 0.15) is 5.71 Å². The van der Waals surface area contributed by atoms with Crippen LogP contribution in [0.25, 0.3) is 0 Å². The second kappa shape index (κ2) is 7.57. The van der Waals surface area contributed by atoms with E-state index in [0.717, 1.165) is 31.8 Å². The maximum absolute atomic E-state index is 11.1. The first kappa shape index (κ1) is 17.9. The van der Waals surface area contributed by atoms with E-state index < -0.39 is 0 Å². The topological polar surface area (TPSA) is 111 Å². The minimum atomic E-state index is -0.136. The van der Waals surface area contributed by atoms with Crippen molar-refractivity contribution in [3.63, 3.8) is 0 Å². The molecule has 1 saturated heterocycles. The first-order valence-electron chi connectivity index (χ1n) is 8.63. The number of amides is 1. The van der Waals surface area contributed by atoms with Crippen molar-refractivity contribution >= 4 is 29.0 Å².